The molecule has 0 spiro atoms. The summed E-state index contributed by atoms with van der Waals surface area (Å²) in [7, 11) is -3.92. The number of carbonyl (C=O) groups is 1. The molecule has 10 heteroatoms. The Balaban J connectivity index is 2.14. The predicted octanol–water partition coefficient (Wildman–Crippen LogP) is 3.56. The van der Waals surface area contributed by atoms with Gasteiger partial charge in [0.25, 0.3) is 10.0 Å². The fourth-order valence-corrected chi connectivity index (χ4v) is 5.75. The monoisotopic (exact) mass is 437 g/mol. The third-order valence-electron chi connectivity index (χ3n) is 4.14. The number of carboxylic acids is 1. The van der Waals surface area contributed by atoms with Crippen molar-refractivity contribution in [1.29, 1.82) is 5.41 Å². The Hall–Kier alpha value is -2.62. The van der Waals surface area contributed by atoms with E-state index in [-0.39, 0.29) is 17.1 Å². The summed E-state index contributed by atoms with van der Waals surface area (Å²) >= 11 is 7.05. The highest BCUT2D eigenvalue weighted by Gasteiger charge is 2.24. The molecule has 3 aromatic rings. The third-order valence-corrected chi connectivity index (χ3v) is 7.65. The fraction of sp³-hybridized carbons (Fsp3) is 0.111. The van der Waals surface area contributed by atoms with Crippen LogP contribution in [0.15, 0.2) is 46.9 Å². The number of nitrogens with two attached hydrogens (primary N) is 1. The predicted molar refractivity (Wildman–Crippen MR) is 111 cm³/mol. The number of allylic oxidation sites excluding steroid dienone is 1. The van der Waals surface area contributed by atoms with E-state index in [0.717, 1.165) is 21.5 Å². The van der Waals surface area contributed by atoms with Gasteiger partial charge < -0.3 is 16.2 Å². The first-order valence-corrected chi connectivity index (χ1v) is 10.7. The molecule has 0 aliphatic rings. The normalized spacial score (nSPS) is 12.4. The smallest absolute Gasteiger partial charge is 0.303 e. The van der Waals surface area contributed by atoms with Crippen molar-refractivity contribution in [3.05, 3.63) is 58.2 Å². The molecule has 7 nitrogen and oxygen atoms in total. The summed E-state index contributed by atoms with van der Waals surface area (Å²) in [4.78, 5) is 11.5. The molecule has 0 saturated heterocycles. The molecule has 1 aromatic carbocycles. The Morgan fingerprint density at radius 3 is 2.71 bits per heavy atom. The lowest BCUT2D eigenvalue weighted by atomic mass is 10.1. The number of aliphatic carboxylic acids is 1. The van der Waals surface area contributed by atoms with Crippen LogP contribution >= 0.6 is 22.9 Å². The van der Waals surface area contributed by atoms with Crippen LogP contribution in [-0.2, 0) is 21.2 Å². The maximum Gasteiger partial charge on any atom is 0.303 e. The third kappa shape index (κ3) is 3.68. The van der Waals surface area contributed by atoms with Gasteiger partial charge in [0.1, 0.15) is 4.21 Å². The molecule has 0 aliphatic heterocycles. The van der Waals surface area contributed by atoms with Gasteiger partial charge in [-0.1, -0.05) is 11.6 Å². The van der Waals surface area contributed by atoms with Gasteiger partial charge in [-0.2, -0.15) is 8.42 Å². The number of halogens is 1. The molecule has 0 unspecified atom stereocenters. The van der Waals surface area contributed by atoms with Crippen molar-refractivity contribution in [2.24, 2.45) is 5.73 Å². The minimum absolute atomic E-state index is 0.0836. The maximum atomic E-state index is 13.2. The summed E-state index contributed by atoms with van der Waals surface area (Å²) in [5.41, 5.74) is 6.89. The van der Waals surface area contributed by atoms with Gasteiger partial charge in [0.15, 0.2) is 0 Å². The number of benzene rings is 1. The quantitative estimate of drug-likeness (QED) is 0.487. The number of aryl methyl sites for hydroxylation is 1. The molecule has 2 aromatic heterocycles. The minimum atomic E-state index is -3.92. The zero-order chi connectivity index (χ0) is 20.5. The van der Waals surface area contributed by atoms with Gasteiger partial charge in [0.2, 0.25) is 0 Å². The van der Waals surface area contributed by atoms with Crippen molar-refractivity contribution in [3.8, 4) is 0 Å². The molecule has 0 fully saturated rings. The molecule has 146 valence electrons. The molecule has 0 bridgehead atoms. The van der Waals surface area contributed by atoms with Crippen LogP contribution in [0.3, 0.4) is 0 Å². The highest BCUT2D eigenvalue weighted by molar-refractivity contribution is 7.92. The summed E-state index contributed by atoms with van der Waals surface area (Å²) < 4.78 is 27.7. The molecular formula is C18H16ClN3O4S2. The fourth-order valence-electron chi connectivity index (χ4n) is 2.79. The maximum absolute atomic E-state index is 13.2. The van der Waals surface area contributed by atoms with Crippen LogP contribution in [0.5, 0.6) is 0 Å². The van der Waals surface area contributed by atoms with Crippen molar-refractivity contribution >= 4 is 61.6 Å². The number of hydrogen-bond acceptors (Lipinski definition) is 6. The minimum Gasteiger partial charge on any atom is -0.481 e. The molecule has 0 amide bonds. The second kappa shape index (κ2) is 7.78. The zero-order valence-electron chi connectivity index (χ0n) is 14.4. The lowest BCUT2D eigenvalue weighted by Gasteiger charge is -2.05. The van der Waals surface area contributed by atoms with E-state index in [9.17, 15) is 13.2 Å². The van der Waals surface area contributed by atoms with Crippen molar-refractivity contribution < 1.29 is 18.3 Å². The highest BCUT2D eigenvalue weighted by atomic mass is 35.5. The van der Waals surface area contributed by atoms with Crippen molar-refractivity contribution in [2.75, 3.05) is 0 Å². The molecule has 0 atom stereocenters. The summed E-state index contributed by atoms with van der Waals surface area (Å²) in [6.45, 7) is 0. The van der Waals surface area contributed by atoms with Gasteiger partial charge in [-0.15, -0.1) is 11.3 Å². The Kier molecular flexibility index (Phi) is 5.59. The van der Waals surface area contributed by atoms with Crippen molar-refractivity contribution in [2.45, 2.75) is 17.1 Å². The number of nitrogens with one attached hydrogen (secondary N) is 1. The molecule has 0 radical (unpaired) electrons. The standard InChI is InChI=1S/C18H16ClN3O4S2/c19-13-2-3-15-14(7-13)11(1-5-17(23)24)10-22(15)28(25,26)18-6-4-16(27-18)12(8-20)9-21/h2-4,6-10,20H,1,5,21H2,(H,23,24). The topological polar surface area (TPSA) is 126 Å². The second-order valence-corrected chi connectivity index (χ2v) is 9.46. The largest absolute Gasteiger partial charge is 0.481 e. The Labute approximate surface area is 170 Å². The lowest BCUT2D eigenvalue weighted by Crippen LogP contribution is -2.10. The average molecular weight is 438 g/mol. The molecule has 0 saturated carbocycles. The van der Waals surface area contributed by atoms with E-state index in [2.05, 4.69) is 0 Å². The Morgan fingerprint density at radius 1 is 1.32 bits per heavy atom. The summed E-state index contributed by atoms with van der Waals surface area (Å²) in [6, 6.07) is 7.86. The molecular weight excluding hydrogens is 422 g/mol. The van der Waals surface area contributed by atoms with Gasteiger partial charge in [0, 0.05) is 45.9 Å². The van der Waals surface area contributed by atoms with E-state index in [1.807, 2.05) is 0 Å². The first-order valence-electron chi connectivity index (χ1n) is 8.07. The van der Waals surface area contributed by atoms with E-state index in [0.29, 0.717) is 31.9 Å². The van der Waals surface area contributed by atoms with Gasteiger partial charge in [-0.25, -0.2) is 3.97 Å². The molecule has 3 rings (SSSR count). The van der Waals surface area contributed by atoms with E-state index in [1.165, 1.54) is 18.5 Å². The van der Waals surface area contributed by atoms with Crippen LogP contribution in [-0.4, -0.2) is 29.7 Å². The van der Waals surface area contributed by atoms with E-state index >= 15 is 0 Å². The van der Waals surface area contributed by atoms with Crippen LogP contribution in [0.25, 0.3) is 16.5 Å². The van der Waals surface area contributed by atoms with Crippen LogP contribution < -0.4 is 5.73 Å². The van der Waals surface area contributed by atoms with Crippen LogP contribution in [0, 0.1) is 5.41 Å². The van der Waals surface area contributed by atoms with Gasteiger partial charge in [0.05, 0.1) is 5.52 Å². The molecule has 4 N–H and O–H groups in total. The molecule has 0 aliphatic carbocycles. The second-order valence-electron chi connectivity index (χ2n) is 5.90. The molecule has 2 heterocycles. The first kappa shape index (κ1) is 20.1. The lowest BCUT2D eigenvalue weighted by molar-refractivity contribution is -0.136. The number of aromatic nitrogens is 1. The van der Waals surface area contributed by atoms with E-state index in [4.69, 9.17) is 27.9 Å². The summed E-state index contributed by atoms with van der Waals surface area (Å²) in [5, 5.41) is 17.3. The number of fused-ring (bicyclic) bond motifs is 1. The molecule has 28 heavy (non-hydrogen) atoms. The highest BCUT2D eigenvalue weighted by Crippen LogP contribution is 2.32. The summed E-state index contributed by atoms with van der Waals surface area (Å²) in [5.74, 6) is -0.971. The van der Waals surface area contributed by atoms with E-state index < -0.39 is 16.0 Å². The Bertz CT molecular complexity index is 1210. The number of thiophene rings is 1. The van der Waals surface area contributed by atoms with Gasteiger partial charge in [-0.05, 0) is 42.3 Å². The summed E-state index contributed by atoms with van der Waals surface area (Å²) in [6.07, 6.45) is 3.79. The van der Waals surface area contributed by atoms with Gasteiger partial charge >= 0.3 is 5.97 Å². The van der Waals surface area contributed by atoms with Crippen LogP contribution in [0.4, 0.5) is 0 Å². The van der Waals surface area contributed by atoms with Crippen molar-refractivity contribution in [1.82, 2.24) is 3.97 Å². The van der Waals surface area contributed by atoms with Crippen LogP contribution in [0.2, 0.25) is 5.02 Å². The average Bonchev–Trinajstić information content (AvgIpc) is 3.27. The first-order chi connectivity index (χ1) is 13.3. The number of rotatable bonds is 7. The number of hydrogen-bond donors (Lipinski definition) is 3. The van der Waals surface area contributed by atoms with E-state index in [1.54, 1.807) is 24.3 Å². The zero-order valence-corrected chi connectivity index (χ0v) is 16.8. The van der Waals surface area contributed by atoms with Crippen LogP contribution in [0.1, 0.15) is 16.9 Å². The Morgan fingerprint density at radius 2 is 2.07 bits per heavy atom. The number of carboxylic acid groups (broad SMARTS) is 1. The SMILES string of the molecule is N=CC(=CN)c1ccc(S(=O)(=O)n2cc(CCC(=O)O)c3cc(Cl)ccc32)s1. The van der Waals surface area contributed by atoms with Crippen molar-refractivity contribution in [3.63, 3.8) is 0 Å². The number of nitrogens with zero attached hydrogens (tertiary/aromatic N) is 1. The van der Waals surface area contributed by atoms with Gasteiger partial charge in [-0.3, -0.25) is 4.79 Å².